The lowest BCUT2D eigenvalue weighted by Gasteiger charge is -2.44. The molecule has 2 aromatic rings. The first kappa shape index (κ1) is 24.9. The molecule has 3 saturated carbocycles. The predicted octanol–water partition coefficient (Wildman–Crippen LogP) is 4.42. The molecular formula is C22H24F5N5O3S. The highest BCUT2D eigenvalue weighted by Crippen LogP contribution is 2.75. The summed E-state index contributed by atoms with van der Waals surface area (Å²) in [4.78, 5) is 17.0. The fraction of sp³-hybridized carbons (Fsp3) is 0.591. The molecule has 2 atom stereocenters. The molecule has 0 saturated heterocycles. The van der Waals surface area contributed by atoms with Crippen molar-refractivity contribution < 1.29 is 36.2 Å². The molecule has 2 aromatic heterocycles. The van der Waals surface area contributed by atoms with Crippen LogP contribution in [0, 0.1) is 15.6 Å². The molecular weight excluding hydrogens is 509 g/mol. The van der Waals surface area contributed by atoms with Gasteiger partial charge in [-0.2, -0.15) is 23.0 Å². The SMILES string of the molecule is CC1(Cn2nc(C3CC34CC4)c(C(F)(F)F)c2C(=O)N=c2ccn(O)c(S(C)(=N)=O)c2)CC(F)(F)C1. The molecule has 3 fully saturated rings. The number of alkyl halides is 5. The van der Waals surface area contributed by atoms with Crippen molar-refractivity contribution in [2.24, 2.45) is 15.8 Å². The zero-order valence-corrected chi connectivity index (χ0v) is 20.2. The van der Waals surface area contributed by atoms with Gasteiger partial charge in [-0.3, -0.25) is 9.48 Å². The van der Waals surface area contributed by atoms with Crippen LogP contribution in [0.2, 0.25) is 0 Å². The van der Waals surface area contributed by atoms with Crippen molar-refractivity contribution in [2.45, 2.75) is 68.6 Å². The zero-order chi connectivity index (χ0) is 26.5. The van der Waals surface area contributed by atoms with Gasteiger partial charge in [0.25, 0.3) is 5.91 Å². The van der Waals surface area contributed by atoms with Crippen LogP contribution in [0.4, 0.5) is 22.0 Å². The summed E-state index contributed by atoms with van der Waals surface area (Å²) < 4.78 is 91.3. The van der Waals surface area contributed by atoms with Crippen LogP contribution in [0.5, 0.6) is 0 Å². The van der Waals surface area contributed by atoms with Gasteiger partial charge in [0.2, 0.25) is 5.92 Å². The lowest BCUT2D eigenvalue weighted by Crippen LogP contribution is -2.47. The maximum atomic E-state index is 14.3. The van der Waals surface area contributed by atoms with Crippen LogP contribution >= 0.6 is 0 Å². The third kappa shape index (κ3) is 4.33. The van der Waals surface area contributed by atoms with E-state index < -0.39 is 68.2 Å². The quantitative estimate of drug-likeness (QED) is 0.438. The number of hydrogen-bond donors (Lipinski definition) is 2. The van der Waals surface area contributed by atoms with Gasteiger partial charge in [0.15, 0.2) is 5.03 Å². The van der Waals surface area contributed by atoms with Crippen LogP contribution < -0.4 is 5.36 Å². The van der Waals surface area contributed by atoms with Gasteiger partial charge in [0.05, 0.1) is 20.8 Å². The van der Waals surface area contributed by atoms with Gasteiger partial charge in [-0.05, 0) is 36.2 Å². The standard InChI is InChI=1S/C22H24F5N5O3S/c1-19(9-21(23,24)10-19)11-31-17(15(22(25,26)27)16(30-31)13-8-20(13)4-5-20)18(33)29-12-3-6-32(34)14(7-12)36(2,28)35/h3,6-7,13,28,34H,4-5,8-11H2,1-2H3. The van der Waals surface area contributed by atoms with E-state index in [1.165, 1.54) is 6.92 Å². The Bertz CT molecular complexity index is 1450. The van der Waals surface area contributed by atoms with E-state index in [-0.39, 0.29) is 23.0 Å². The Morgan fingerprint density at radius 1 is 1.33 bits per heavy atom. The van der Waals surface area contributed by atoms with E-state index in [0.29, 0.717) is 11.2 Å². The van der Waals surface area contributed by atoms with E-state index in [0.717, 1.165) is 42.1 Å². The first-order chi connectivity index (χ1) is 16.4. The summed E-state index contributed by atoms with van der Waals surface area (Å²) >= 11 is 0. The van der Waals surface area contributed by atoms with Gasteiger partial charge in [-0.25, -0.2) is 22.8 Å². The number of rotatable bonds is 5. The summed E-state index contributed by atoms with van der Waals surface area (Å²) in [6.45, 7) is 1.20. The summed E-state index contributed by atoms with van der Waals surface area (Å²) in [6, 6.07) is 2.07. The molecule has 36 heavy (non-hydrogen) atoms. The van der Waals surface area contributed by atoms with Crippen LogP contribution in [-0.2, 0) is 22.5 Å². The molecule has 0 radical (unpaired) electrons. The molecule has 2 heterocycles. The molecule has 2 unspecified atom stereocenters. The maximum Gasteiger partial charge on any atom is 0.420 e. The highest BCUT2D eigenvalue weighted by atomic mass is 32.2. The highest BCUT2D eigenvalue weighted by Gasteiger charge is 2.66. The average Bonchev–Trinajstić information content (AvgIpc) is 3.58. The van der Waals surface area contributed by atoms with Crippen LogP contribution in [0.1, 0.15) is 66.7 Å². The van der Waals surface area contributed by atoms with E-state index in [1.807, 2.05) is 0 Å². The number of carbonyl (C=O) groups is 1. The largest absolute Gasteiger partial charge is 0.428 e. The second-order valence-electron chi connectivity index (χ2n) is 10.7. The molecule has 0 bridgehead atoms. The zero-order valence-electron chi connectivity index (χ0n) is 19.4. The first-order valence-electron chi connectivity index (χ1n) is 11.2. The fourth-order valence-electron chi connectivity index (χ4n) is 5.45. The predicted molar refractivity (Wildman–Crippen MR) is 115 cm³/mol. The normalized spacial score (nSPS) is 25.3. The Morgan fingerprint density at radius 2 is 1.97 bits per heavy atom. The number of aromatic nitrogens is 3. The number of halogens is 5. The Morgan fingerprint density at radius 3 is 2.47 bits per heavy atom. The molecule has 0 aliphatic heterocycles. The van der Waals surface area contributed by atoms with E-state index >= 15 is 0 Å². The van der Waals surface area contributed by atoms with Crippen molar-refractivity contribution >= 4 is 15.6 Å². The number of nitrogens with one attached hydrogen (secondary N) is 1. The minimum absolute atomic E-state index is 0.220. The van der Waals surface area contributed by atoms with E-state index in [9.17, 15) is 36.2 Å². The number of amides is 1. The van der Waals surface area contributed by atoms with Crippen LogP contribution in [0.15, 0.2) is 28.3 Å². The number of hydrogen-bond acceptors (Lipinski definition) is 5. The van der Waals surface area contributed by atoms with Crippen molar-refractivity contribution in [2.75, 3.05) is 6.26 Å². The molecule has 1 spiro atoms. The summed E-state index contributed by atoms with van der Waals surface area (Å²) in [5.41, 5.74) is -3.55. The Labute approximate surface area is 202 Å². The van der Waals surface area contributed by atoms with Crippen molar-refractivity contribution in [1.82, 2.24) is 14.5 Å². The second-order valence-corrected chi connectivity index (χ2v) is 12.8. The number of carbonyl (C=O) groups excluding carboxylic acids is 1. The van der Waals surface area contributed by atoms with Crippen LogP contribution in [-0.4, -0.2) is 42.0 Å². The van der Waals surface area contributed by atoms with Gasteiger partial charge in [-0.1, -0.05) is 6.92 Å². The molecule has 8 nitrogen and oxygen atoms in total. The summed E-state index contributed by atoms with van der Waals surface area (Å²) in [5.74, 6) is -4.68. The first-order valence-corrected chi connectivity index (χ1v) is 13.2. The Kier molecular flexibility index (Phi) is 5.11. The third-order valence-corrected chi connectivity index (χ3v) is 8.40. The van der Waals surface area contributed by atoms with E-state index in [2.05, 4.69) is 10.1 Å². The van der Waals surface area contributed by atoms with Gasteiger partial charge in [-0.15, -0.1) is 0 Å². The Hall–Kier alpha value is -2.77. The van der Waals surface area contributed by atoms with Crippen molar-refractivity contribution in [3.8, 4) is 0 Å². The molecule has 5 rings (SSSR count). The summed E-state index contributed by atoms with van der Waals surface area (Å²) in [5, 5.41) is 13.4. The van der Waals surface area contributed by atoms with Crippen molar-refractivity contribution in [1.29, 1.82) is 4.78 Å². The molecule has 1 amide bonds. The monoisotopic (exact) mass is 533 g/mol. The lowest BCUT2D eigenvalue weighted by molar-refractivity contribution is -0.160. The van der Waals surface area contributed by atoms with Crippen molar-refractivity contribution in [3.05, 3.63) is 40.6 Å². The second kappa shape index (κ2) is 7.39. The van der Waals surface area contributed by atoms with E-state index in [4.69, 9.17) is 4.78 Å². The number of pyridine rings is 1. The lowest BCUT2D eigenvalue weighted by atomic mass is 9.67. The van der Waals surface area contributed by atoms with Crippen molar-refractivity contribution in [3.63, 3.8) is 0 Å². The Balaban J connectivity index is 1.63. The minimum atomic E-state index is -4.94. The van der Waals surface area contributed by atoms with Gasteiger partial charge in [0, 0.05) is 43.8 Å². The molecule has 3 aliphatic rings. The fourth-order valence-corrected chi connectivity index (χ4v) is 6.21. The summed E-state index contributed by atoms with van der Waals surface area (Å²) in [6.07, 6.45) is -1.96. The van der Waals surface area contributed by atoms with Gasteiger partial charge >= 0.3 is 6.18 Å². The number of nitrogens with zero attached hydrogens (tertiary/aromatic N) is 4. The molecule has 3 aliphatic carbocycles. The van der Waals surface area contributed by atoms with E-state index in [1.54, 1.807) is 0 Å². The van der Waals surface area contributed by atoms with Gasteiger partial charge < -0.3 is 5.21 Å². The topological polar surface area (TPSA) is 113 Å². The minimum Gasteiger partial charge on any atom is -0.428 e. The average molecular weight is 534 g/mol. The molecule has 0 aromatic carbocycles. The summed E-state index contributed by atoms with van der Waals surface area (Å²) in [7, 11) is -3.46. The van der Waals surface area contributed by atoms with Gasteiger partial charge in [0.1, 0.15) is 11.3 Å². The highest BCUT2D eigenvalue weighted by molar-refractivity contribution is 7.91. The molecule has 196 valence electrons. The molecule has 14 heteroatoms. The van der Waals surface area contributed by atoms with Crippen LogP contribution in [0.3, 0.4) is 0 Å². The maximum absolute atomic E-state index is 14.3. The smallest absolute Gasteiger partial charge is 0.420 e. The molecule has 2 N–H and O–H groups in total. The third-order valence-electron chi connectivity index (χ3n) is 7.29. The van der Waals surface area contributed by atoms with Crippen LogP contribution in [0.25, 0.3) is 0 Å².